The standard InChI is InChI=1S/C15H24N2O/c1-12-10-13(5-6-15(12)18-2)7-9-16-11-14-4-3-8-17-14/h5-6,10,14,16-17H,3-4,7-9,11H2,1-2H3. The first-order valence-corrected chi connectivity index (χ1v) is 6.87. The van der Waals surface area contributed by atoms with Gasteiger partial charge in [-0.3, -0.25) is 0 Å². The molecular formula is C15H24N2O. The number of rotatable bonds is 6. The largest absolute Gasteiger partial charge is 0.496 e. The monoisotopic (exact) mass is 248 g/mol. The Morgan fingerprint density at radius 1 is 1.44 bits per heavy atom. The van der Waals surface area contributed by atoms with Gasteiger partial charge in [0.1, 0.15) is 5.75 Å². The number of ether oxygens (including phenoxy) is 1. The minimum atomic E-state index is 0.683. The first kappa shape index (κ1) is 13.4. The predicted octanol–water partition coefficient (Wildman–Crippen LogP) is 1.89. The van der Waals surface area contributed by atoms with Crippen LogP contribution >= 0.6 is 0 Å². The second-order valence-corrected chi connectivity index (χ2v) is 5.05. The fourth-order valence-electron chi connectivity index (χ4n) is 2.54. The summed E-state index contributed by atoms with van der Waals surface area (Å²) in [6, 6.07) is 7.11. The summed E-state index contributed by atoms with van der Waals surface area (Å²) in [4.78, 5) is 0. The summed E-state index contributed by atoms with van der Waals surface area (Å²) in [5.74, 6) is 0.974. The average molecular weight is 248 g/mol. The number of methoxy groups -OCH3 is 1. The van der Waals surface area contributed by atoms with Crippen molar-refractivity contribution in [2.24, 2.45) is 0 Å². The van der Waals surface area contributed by atoms with Crippen molar-refractivity contribution in [2.45, 2.75) is 32.2 Å². The molecule has 1 aliphatic heterocycles. The Morgan fingerprint density at radius 2 is 2.33 bits per heavy atom. The lowest BCUT2D eigenvalue weighted by molar-refractivity contribution is 0.411. The van der Waals surface area contributed by atoms with Crippen LogP contribution in [0.1, 0.15) is 24.0 Å². The summed E-state index contributed by atoms with van der Waals surface area (Å²) in [6.45, 7) is 5.42. The van der Waals surface area contributed by atoms with Gasteiger partial charge in [0.05, 0.1) is 7.11 Å². The van der Waals surface area contributed by atoms with Crippen molar-refractivity contribution in [1.29, 1.82) is 0 Å². The van der Waals surface area contributed by atoms with E-state index in [0.717, 1.165) is 25.3 Å². The molecule has 18 heavy (non-hydrogen) atoms. The zero-order valence-electron chi connectivity index (χ0n) is 11.5. The molecule has 100 valence electrons. The molecule has 1 fully saturated rings. The van der Waals surface area contributed by atoms with Gasteiger partial charge in [0.2, 0.25) is 0 Å². The van der Waals surface area contributed by atoms with Crippen LogP contribution in [0.5, 0.6) is 5.75 Å². The maximum atomic E-state index is 5.27. The van der Waals surface area contributed by atoms with E-state index < -0.39 is 0 Å². The Kier molecular flexibility index (Phi) is 5.02. The summed E-state index contributed by atoms with van der Waals surface area (Å²) in [5, 5.41) is 7.03. The van der Waals surface area contributed by atoms with Crippen LogP contribution in [0.2, 0.25) is 0 Å². The zero-order valence-corrected chi connectivity index (χ0v) is 11.5. The van der Waals surface area contributed by atoms with Crippen LogP contribution in [-0.2, 0) is 6.42 Å². The molecule has 0 amide bonds. The molecule has 1 saturated heterocycles. The van der Waals surface area contributed by atoms with Gasteiger partial charge in [0.15, 0.2) is 0 Å². The van der Waals surface area contributed by atoms with E-state index in [-0.39, 0.29) is 0 Å². The quantitative estimate of drug-likeness (QED) is 0.754. The molecule has 1 aromatic rings. The van der Waals surface area contributed by atoms with E-state index >= 15 is 0 Å². The van der Waals surface area contributed by atoms with Crippen molar-refractivity contribution < 1.29 is 4.74 Å². The zero-order chi connectivity index (χ0) is 12.8. The fourth-order valence-corrected chi connectivity index (χ4v) is 2.54. The molecular weight excluding hydrogens is 224 g/mol. The summed E-state index contributed by atoms with van der Waals surface area (Å²) < 4.78 is 5.27. The van der Waals surface area contributed by atoms with Crippen LogP contribution in [0.25, 0.3) is 0 Å². The van der Waals surface area contributed by atoms with Gasteiger partial charge >= 0.3 is 0 Å². The van der Waals surface area contributed by atoms with Gasteiger partial charge in [-0.15, -0.1) is 0 Å². The van der Waals surface area contributed by atoms with E-state index in [0.29, 0.717) is 6.04 Å². The highest BCUT2D eigenvalue weighted by Crippen LogP contribution is 2.18. The lowest BCUT2D eigenvalue weighted by atomic mass is 10.1. The second-order valence-electron chi connectivity index (χ2n) is 5.05. The first-order valence-electron chi connectivity index (χ1n) is 6.87. The molecule has 3 heteroatoms. The second kappa shape index (κ2) is 6.76. The van der Waals surface area contributed by atoms with Gasteiger partial charge in [0.25, 0.3) is 0 Å². The maximum absolute atomic E-state index is 5.27. The number of benzene rings is 1. The van der Waals surface area contributed by atoms with Gasteiger partial charge in [-0.1, -0.05) is 12.1 Å². The van der Waals surface area contributed by atoms with Crippen LogP contribution in [0.4, 0.5) is 0 Å². The summed E-state index contributed by atoms with van der Waals surface area (Å²) in [7, 11) is 1.72. The van der Waals surface area contributed by atoms with E-state index in [1.807, 2.05) is 0 Å². The van der Waals surface area contributed by atoms with E-state index in [9.17, 15) is 0 Å². The van der Waals surface area contributed by atoms with Crippen molar-refractivity contribution in [1.82, 2.24) is 10.6 Å². The summed E-state index contributed by atoms with van der Waals surface area (Å²) >= 11 is 0. The highest BCUT2D eigenvalue weighted by molar-refractivity contribution is 5.36. The van der Waals surface area contributed by atoms with Crippen molar-refractivity contribution in [2.75, 3.05) is 26.7 Å². The van der Waals surface area contributed by atoms with Crippen LogP contribution < -0.4 is 15.4 Å². The fraction of sp³-hybridized carbons (Fsp3) is 0.600. The van der Waals surface area contributed by atoms with Gasteiger partial charge in [-0.25, -0.2) is 0 Å². The van der Waals surface area contributed by atoms with Crippen molar-refractivity contribution in [3.8, 4) is 5.75 Å². The number of nitrogens with one attached hydrogen (secondary N) is 2. The highest BCUT2D eigenvalue weighted by Gasteiger charge is 2.12. The van der Waals surface area contributed by atoms with Crippen molar-refractivity contribution >= 4 is 0 Å². The molecule has 1 heterocycles. The number of hydrogen-bond acceptors (Lipinski definition) is 3. The minimum absolute atomic E-state index is 0.683. The minimum Gasteiger partial charge on any atom is -0.496 e. The molecule has 0 radical (unpaired) electrons. The maximum Gasteiger partial charge on any atom is 0.121 e. The Labute approximate surface area is 110 Å². The van der Waals surface area contributed by atoms with E-state index in [4.69, 9.17) is 4.74 Å². The number of aryl methyl sites for hydroxylation is 1. The molecule has 1 aliphatic rings. The van der Waals surface area contributed by atoms with Crippen molar-refractivity contribution in [3.63, 3.8) is 0 Å². The molecule has 1 aromatic carbocycles. The molecule has 3 nitrogen and oxygen atoms in total. The molecule has 0 spiro atoms. The summed E-state index contributed by atoms with van der Waals surface area (Å²) in [6.07, 6.45) is 3.72. The normalized spacial score (nSPS) is 19.1. The van der Waals surface area contributed by atoms with Crippen LogP contribution in [-0.4, -0.2) is 32.8 Å². The molecule has 0 bridgehead atoms. The van der Waals surface area contributed by atoms with E-state index in [1.165, 1.54) is 30.5 Å². The van der Waals surface area contributed by atoms with Crippen LogP contribution in [0.3, 0.4) is 0 Å². The smallest absolute Gasteiger partial charge is 0.121 e. The first-order chi connectivity index (χ1) is 8.79. The van der Waals surface area contributed by atoms with Gasteiger partial charge in [-0.2, -0.15) is 0 Å². The Bertz CT molecular complexity index is 373. The third-order valence-electron chi connectivity index (χ3n) is 3.60. The molecule has 1 unspecified atom stereocenters. The molecule has 2 N–H and O–H groups in total. The van der Waals surface area contributed by atoms with Crippen molar-refractivity contribution in [3.05, 3.63) is 29.3 Å². The van der Waals surface area contributed by atoms with Crippen LogP contribution in [0.15, 0.2) is 18.2 Å². The third-order valence-corrected chi connectivity index (χ3v) is 3.60. The topological polar surface area (TPSA) is 33.3 Å². The molecule has 2 rings (SSSR count). The lowest BCUT2D eigenvalue weighted by Gasteiger charge is -2.12. The van der Waals surface area contributed by atoms with E-state index in [1.54, 1.807) is 7.11 Å². The third kappa shape index (κ3) is 3.72. The van der Waals surface area contributed by atoms with Gasteiger partial charge in [0, 0.05) is 12.6 Å². The summed E-state index contributed by atoms with van der Waals surface area (Å²) in [5.41, 5.74) is 2.59. The highest BCUT2D eigenvalue weighted by atomic mass is 16.5. The Hall–Kier alpha value is -1.06. The Morgan fingerprint density at radius 3 is 3.00 bits per heavy atom. The van der Waals surface area contributed by atoms with Crippen LogP contribution in [0, 0.1) is 6.92 Å². The predicted molar refractivity (Wildman–Crippen MR) is 75.3 cm³/mol. The molecule has 1 atom stereocenters. The number of hydrogen-bond donors (Lipinski definition) is 2. The van der Waals surface area contributed by atoms with E-state index in [2.05, 4.69) is 35.8 Å². The molecule has 0 aliphatic carbocycles. The molecule has 0 saturated carbocycles. The van der Waals surface area contributed by atoms with Gasteiger partial charge < -0.3 is 15.4 Å². The SMILES string of the molecule is COc1ccc(CCNCC2CCCN2)cc1C. The molecule has 0 aromatic heterocycles. The Balaban J connectivity index is 1.71. The van der Waals surface area contributed by atoms with Gasteiger partial charge in [-0.05, 0) is 56.5 Å². The average Bonchev–Trinajstić information content (AvgIpc) is 2.88. The lowest BCUT2D eigenvalue weighted by Crippen LogP contribution is -2.34.